The Morgan fingerprint density at radius 1 is 1.18 bits per heavy atom. The van der Waals surface area contributed by atoms with E-state index in [1.807, 2.05) is 26.0 Å². The molecule has 0 spiro atoms. The summed E-state index contributed by atoms with van der Waals surface area (Å²) in [7, 11) is 0. The van der Waals surface area contributed by atoms with Crippen LogP contribution in [0, 0.1) is 18.3 Å². The standard InChI is InChI=1S/C16H15N3O2S/c1-3-13-10(2)8-14(22-13)16(21)19-18-15(20)12-6-4-11(9-17)5-7-12/h4-8H,3H2,1-2H3,(H,18,20)(H,19,21). The van der Waals surface area contributed by atoms with Gasteiger partial charge in [0.05, 0.1) is 16.5 Å². The number of hydrogen-bond acceptors (Lipinski definition) is 4. The van der Waals surface area contributed by atoms with Gasteiger partial charge in [-0.15, -0.1) is 11.3 Å². The molecular weight excluding hydrogens is 298 g/mol. The largest absolute Gasteiger partial charge is 0.279 e. The van der Waals surface area contributed by atoms with Gasteiger partial charge in [0.25, 0.3) is 11.8 Å². The van der Waals surface area contributed by atoms with Crippen LogP contribution in [0.5, 0.6) is 0 Å². The molecule has 0 radical (unpaired) electrons. The Bertz CT molecular complexity index is 742. The van der Waals surface area contributed by atoms with E-state index in [2.05, 4.69) is 10.9 Å². The van der Waals surface area contributed by atoms with E-state index in [1.165, 1.54) is 23.5 Å². The van der Waals surface area contributed by atoms with Gasteiger partial charge >= 0.3 is 0 Å². The molecule has 1 aromatic heterocycles. The summed E-state index contributed by atoms with van der Waals surface area (Å²) in [4.78, 5) is 25.6. The molecule has 0 saturated heterocycles. The van der Waals surface area contributed by atoms with Gasteiger partial charge in [-0.1, -0.05) is 6.92 Å². The van der Waals surface area contributed by atoms with Crippen molar-refractivity contribution in [3.05, 3.63) is 56.8 Å². The fourth-order valence-corrected chi connectivity index (χ4v) is 2.94. The molecule has 0 unspecified atom stereocenters. The molecule has 2 aromatic rings. The van der Waals surface area contributed by atoms with E-state index in [-0.39, 0.29) is 5.91 Å². The first-order valence-corrected chi connectivity index (χ1v) is 7.57. The molecule has 5 nitrogen and oxygen atoms in total. The Hall–Kier alpha value is -2.65. The molecule has 0 atom stereocenters. The fraction of sp³-hybridized carbons (Fsp3) is 0.188. The molecule has 0 saturated carbocycles. The van der Waals surface area contributed by atoms with Crippen LogP contribution < -0.4 is 10.9 Å². The van der Waals surface area contributed by atoms with Crippen LogP contribution in [-0.4, -0.2) is 11.8 Å². The third-order valence-corrected chi connectivity index (χ3v) is 4.51. The first-order valence-electron chi connectivity index (χ1n) is 6.75. The Morgan fingerprint density at radius 3 is 2.36 bits per heavy atom. The first kappa shape index (κ1) is 15.7. The van der Waals surface area contributed by atoms with E-state index in [0.29, 0.717) is 16.0 Å². The van der Waals surface area contributed by atoms with Gasteiger partial charge in [0.1, 0.15) is 0 Å². The number of hydrogen-bond donors (Lipinski definition) is 2. The highest BCUT2D eigenvalue weighted by molar-refractivity contribution is 7.14. The summed E-state index contributed by atoms with van der Waals surface area (Å²) in [6.45, 7) is 3.99. The minimum Gasteiger partial charge on any atom is -0.267 e. The van der Waals surface area contributed by atoms with Crippen molar-refractivity contribution in [3.8, 4) is 6.07 Å². The van der Waals surface area contributed by atoms with Crippen LogP contribution in [-0.2, 0) is 6.42 Å². The van der Waals surface area contributed by atoms with Gasteiger partial charge in [0, 0.05) is 10.4 Å². The summed E-state index contributed by atoms with van der Waals surface area (Å²) in [5, 5.41) is 8.71. The van der Waals surface area contributed by atoms with E-state index < -0.39 is 5.91 Å². The zero-order chi connectivity index (χ0) is 16.1. The Balaban J connectivity index is 1.97. The van der Waals surface area contributed by atoms with Crippen LogP contribution in [0.2, 0.25) is 0 Å². The maximum Gasteiger partial charge on any atom is 0.279 e. The molecule has 2 N–H and O–H groups in total. The SMILES string of the molecule is CCc1sc(C(=O)NNC(=O)c2ccc(C#N)cc2)cc1C. The first-order chi connectivity index (χ1) is 10.5. The van der Waals surface area contributed by atoms with E-state index in [1.54, 1.807) is 12.1 Å². The van der Waals surface area contributed by atoms with Gasteiger partial charge in [-0.05, 0) is 49.2 Å². The molecule has 112 valence electrons. The van der Waals surface area contributed by atoms with E-state index >= 15 is 0 Å². The van der Waals surface area contributed by atoms with Crippen LogP contribution in [0.15, 0.2) is 30.3 Å². The summed E-state index contributed by atoms with van der Waals surface area (Å²) >= 11 is 1.42. The lowest BCUT2D eigenvalue weighted by Gasteiger charge is -2.06. The van der Waals surface area contributed by atoms with Gasteiger partial charge in [0.2, 0.25) is 0 Å². The van der Waals surface area contributed by atoms with Crippen LogP contribution in [0.1, 0.15) is 43.0 Å². The second kappa shape index (κ2) is 6.87. The average Bonchev–Trinajstić information content (AvgIpc) is 2.93. The minimum atomic E-state index is -0.429. The minimum absolute atomic E-state index is 0.338. The normalized spacial score (nSPS) is 9.86. The summed E-state index contributed by atoms with van der Waals surface area (Å²) in [6.07, 6.45) is 0.876. The van der Waals surface area contributed by atoms with Crippen molar-refractivity contribution in [3.63, 3.8) is 0 Å². The Labute approximate surface area is 132 Å². The van der Waals surface area contributed by atoms with Crippen LogP contribution in [0.3, 0.4) is 0 Å². The molecule has 2 rings (SSSR count). The van der Waals surface area contributed by atoms with Gasteiger partial charge in [0.15, 0.2) is 0 Å². The summed E-state index contributed by atoms with van der Waals surface area (Å²) < 4.78 is 0. The topological polar surface area (TPSA) is 82.0 Å². The van der Waals surface area contributed by atoms with Gasteiger partial charge < -0.3 is 0 Å². The molecular formula is C16H15N3O2S. The van der Waals surface area contributed by atoms with Crippen molar-refractivity contribution in [1.29, 1.82) is 5.26 Å². The zero-order valence-corrected chi connectivity index (χ0v) is 13.1. The predicted octanol–water partition coefficient (Wildman–Crippen LogP) is 2.57. The van der Waals surface area contributed by atoms with Crippen molar-refractivity contribution < 1.29 is 9.59 Å². The van der Waals surface area contributed by atoms with Crippen molar-refractivity contribution >= 4 is 23.2 Å². The van der Waals surface area contributed by atoms with Gasteiger partial charge in [-0.25, -0.2) is 0 Å². The average molecular weight is 313 g/mol. The number of thiophene rings is 1. The van der Waals surface area contributed by atoms with Crippen LogP contribution >= 0.6 is 11.3 Å². The number of rotatable bonds is 3. The predicted molar refractivity (Wildman–Crippen MR) is 84.5 cm³/mol. The molecule has 0 aliphatic carbocycles. The lowest BCUT2D eigenvalue weighted by atomic mass is 10.1. The maximum atomic E-state index is 12.0. The summed E-state index contributed by atoms with van der Waals surface area (Å²) in [5.74, 6) is -0.767. The second-order valence-corrected chi connectivity index (χ2v) is 5.80. The fourth-order valence-electron chi connectivity index (χ4n) is 1.93. The molecule has 0 aliphatic rings. The molecule has 1 heterocycles. The van der Waals surface area contributed by atoms with Crippen molar-refractivity contribution in [2.24, 2.45) is 0 Å². The molecule has 1 aromatic carbocycles. The number of amides is 2. The smallest absolute Gasteiger partial charge is 0.267 e. The van der Waals surface area contributed by atoms with E-state index in [0.717, 1.165) is 16.9 Å². The number of carbonyl (C=O) groups is 2. The van der Waals surface area contributed by atoms with Crippen LogP contribution in [0.4, 0.5) is 0 Å². The Kier molecular flexibility index (Phi) is 4.92. The van der Waals surface area contributed by atoms with Crippen molar-refractivity contribution in [1.82, 2.24) is 10.9 Å². The highest BCUT2D eigenvalue weighted by Crippen LogP contribution is 2.21. The number of carbonyl (C=O) groups excluding carboxylic acids is 2. The van der Waals surface area contributed by atoms with Crippen molar-refractivity contribution in [2.45, 2.75) is 20.3 Å². The molecule has 2 amide bonds. The Morgan fingerprint density at radius 2 is 1.82 bits per heavy atom. The van der Waals surface area contributed by atoms with Gasteiger partial charge in [-0.2, -0.15) is 5.26 Å². The van der Waals surface area contributed by atoms with E-state index in [4.69, 9.17) is 5.26 Å². The number of nitrogens with zero attached hydrogens (tertiary/aromatic N) is 1. The third-order valence-electron chi connectivity index (χ3n) is 3.13. The van der Waals surface area contributed by atoms with Crippen LogP contribution in [0.25, 0.3) is 0 Å². The number of hydrazine groups is 1. The summed E-state index contributed by atoms with van der Waals surface area (Å²) in [5.41, 5.74) is 6.69. The zero-order valence-electron chi connectivity index (χ0n) is 12.3. The highest BCUT2D eigenvalue weighted by Gasteiger charge is 2.13. The monoisotopic (exact) mass is 313 g/mol. The second-order valence-electron chi connectivity index (χ2n) is 4.67. The molecule has 0 aliphatic heterocycles. The number of benzene rings is 1. The number of nitrogens with one attached hydrogen (secondary N) is 2. The highest BCUT2D eigenvalue weighted by atomic mass is 32.1. The molecule has 22 heavy (non-hydrogen) atoms. The summed E-state index contributed by atoms with van der Waals surface area (Å²) in [6, 6.07) is 9.95. The van der Waals surface area contributed by atoms with E-state index in [9.17, 15) is 9.59 Å². The third kappa shape index (κ3) is 3.51. The molecule has 0 bridgehead atoms. The maximum absolute atomic E-state index is 12.0. The van der Waals surface area contributed by atoms with Crippen molar-refractivity contribution in [2.75, 3.05) is 0 Å². The lowest BCUT2D eigenvalue weighted by Crippen LogP contribution is -2.41. The quantitative estimate of drug-likeness (QED) is 0.854. The van der Waals surface area contributed by atoms with Gasteiger partial charge in [-0.3, -0.25) is 20.4 Å². The molecule has 0 fully saturated rings. The number of nitriles is 1. The lowest BCUT2D eigenvalue weighted by molar-refractivity contribution is 0.0849. The molecule has 6 heteroatoms. The number of aryl methyl sites for hydroxylation is 2.